The van der Waals surface area contributed by atoms with E-state index < -0.39 is 32.1 Å². The van der Waals surface area contributed by atoms with Gasteiger partial charge in [0.2, 0.25) is 0 Å². The van der Waals surface area contributed by atoms with Crippen molar-refractivity contribution in [3.05, 3.63) is 47.5 Å². The van der Waals surface area contributed by atoms with E-state index in [2.05, 4.69) is 15.3 Å². The van der Waals surface area contributed by atoms with Gasteiger partial charge in [0, 0.05) is 38.5 Å². The Bertz CT molecular complexity index is 956. The molecule has 1 N–H and O–H groups in total. The van der Waals surface area contributed by atoms with E-state index in [9.17, 15) is 22.0 Å². The van der Waals surface area contributed by atoms with Crippen LogP contribution >= 0.6 is 0 Å². The Morgan fingerprint density at radius 3 is 2.38 bits per heavy atom. The number of alkyl halides is 2. The average Bonchev–Trinajstić information content (AvgIpc) is 3.38. The lowest BCUT2D eigenvalue weighted by molar-refractivity contribution is 0.0145. The maximum atomic E-state index is 13.8. The van der Waals surface area contributed by atoms with Crippen molar-refractivity contribution in [2.24, 2.45) is 0 Å². The Morgan fingerprint density at radius 2 is 1.88 bits per heavy atom. The summed E-state index contributed by atoms with van der Waals surface area (Å²) in [5.41, 5.74) is -0.761. The number of rotatable bonds is 5. The summed E-state index contributed by atoms with van der Waals surface area (Å²) in [7, 11) is -4.01. The summed E-state index contributed by atoms with van der Waals surface area (Å²) < 4.78 is 51.7. The highest BCUT2D eigenvalue weighted by atomic mass is 32.2. The van der Waals surface area contributed by atoms with E-state index in [1.807, 2.05) is 0 Å². The zero-order chi connectivity index (χ0) is 19.1. The van der Waals surface area contributed by atoms with Gasteiger partial charge in [-0.3, -0.25) is 4.79 Å². The molecular formula is C17H19F2N3O3S. The molecule has 0 aliphatic heterocycles. The van der Waals surface area contributed by atoms with E-state index in [-0.39, 0.29) is 12.7 Å². The monoisotopic (exact) mass is 383 g/mol. The fraction of sp³-hybridized carbons (Fsp3) is 0.353. The van der Waals surface area contributed by atoms with Crippen LogP contribution in [0.5, 0.6) is 0 Å². The normalized spacial score (nSPS) is 14.9. The van der Waals surface area contributed by atoms with Crippen molar-refractivity contribution >= 4 is 21.4 Å². The summed E-state index contributed by atoms with van der Waals surface area (Å²) in [4.78, 5) is 20.0. The Morgan fingerprint density at radius 1 is 1.27 bits per heavy atom. The van der Waals surface area contributed by atoms with Gasteiger partial charge >= 0.3 is 0 Å². The van der Waals surface area contributed by atoms with E-state index in [1.54, 1.807) is 0 Å². The molecule has 140 valence electrons. The van der Waals surface area contributed by atoms with Crippen LogP contribution in [0.3, 0.4) is 0 Å². The van der Waals surface area contributed by atoms with Crippen LogP contribution in [0.15, 0.2) is 35.5 Å². The fourth-order valence-corrected chi connectivity index (χ4v) is 3.75. The number of carbonyl (C=O) groups is 1. The Hall–Kier alpha value is -2.42. The second-order valence-electron chi connectivity index (χ2n) is 6.40. The lowest BCUT2D eigenvalue weighted by Crippen LogP contribution is -2.19. The second kappa shape index (κ2) is 6.39. The number of halogens is 2. The predicted octanol–water partition coefficient (Wildman–Crippen LogP) is 3.37. The number of benzene rings is 1. The van der Waals surface area contributed by atoms with Crippen molar-refractivity contribution < 1.29 is 23.4 Å². The maximum absolute atomic E-state index is 13.8. The van der Waals surface area contributed by atoms with Gasteiger partial charge in [-0.2, -0.15) is 0 Å². The molecule has 1 aliphatic carbocycles. The van der Waals surface area contributed by atoms with Gasteiger partial charge in [0.05, 0.1) is 16.1 Å². The predicted molar refractivity (Wildman–Crippen MR) is 93.2 cm³/mol. The lowest BCUT2D eigenvalue weighted by Gasteiger charge is -2.18. The van der Waals surface area contributed by atoms with Gasteiger partial charge in [0.25, 0.3) is 11.8 Å². The van der Waals surface area contributed by atoms with Crippen LogP contribution in [0.1, 0.15) is 48.9 Å². The molecule has 26 heavy (non-hydrogen) atoms. The zero-order valence-electron chi connectivity index (χ0n) is 14.2. The highest BCUT2D eigenvalue weighted by Crippen LogP contribution is 2.38. The van der Waals surface area contributed by atoms with Crippen molar-refractivity contribution in [3.8, 4) is 0 Å². The van der Waals surface area contributed by atoms with Crippen molar-refractivity contribution in [3.63, 3.8) is 0 Å². The van der Waals surface area contributed by atoms with E-state index in [0.29, 0.717) is 18.7 Å². The Balaban J connectivity index is 0.00000261. The summed E-state index contributed by atoms with van der Waals surface area (Å²) in [6.45, 7) is 0.604. The zero-order valence-corrected chi connectivity index (χ0v) is 15.0. The number of carbonyl (C=O) groups excluding carboxylic acids is 1. The van der Waals surface area contributed by atoms with Gasteiger partial charge in [0.15, 0.2) is 9.84 Å². The van der Waals surface area contributed by atoms with E-state index in [0.717, 1.165) is 25.2 Å². The number of nitrogens with one attached hydrogen (secondary N) is 1. The summed E-state index contributed by atoms with van der Waals surface area (Å²) >= 11 is 0. The van der Waals surface area contributed by atoms with Crippen LogP contribution in [0.4, 0.5) is 14.5 Å². The molecule has 1 amide bonds. The average molecular weight is 383 g/mol. The van der Waals surface area contributed by atoms with Gasteiger partial charge in [-0.15, -0.1) is 0 Å². The van der Waals surface area contributed by atoms with Gasteiger partial charge in [-0.05, 0) is 18.9 Å². The first kappa shape index (κ1) is 18.4. The van der Waals surface area contributed by atoms with Crippen molar-refractivity contribution in [2.75, 3.05) is 11.6 Å². The third kappa shape index (κ3) is 3.87. The number of anilines is 1. The number of hydrogen-bond acceptors (Lipinski definition) is 5. The Kier molecular flexibility index (Phi) is 4.51. The molecule has 1 saturated carbocycles. The van der Waals surface area contributed by atoms with Crippen LogP contribution in [0, 0.1) is 0 Å². The lowest BCUT2D eigenvalue weighted by atomic mass is 10.1. The summed E-state index contributed by atoms with van der Waals surface area (Å²) in [5, 5.41) is 2.38. The van der Waals surface area contributed by atoms with Gasteiger partial charge in [-0.25, -0.2) is 27.2 Å². The molecule has 1 aromatic heterocycles. The van der Waals surface area contributed by atoms with Crippen LogP contribution in [-0.4, -0.2) is 30.5 Å². The number of nitrogens with zero attached hydrogens (tertiary/aromatic N) is 2. The molecule has 0 unspecified atom stereocenters. The number of aromatic nitrogens is 2. The quantitative estimate of drug-likeness (QED) is 0.855. The van der Waals surface area contributed by atoms with Crippen LogP contribution < -0.4 is 5.32 Å². The highest BCUT2D eigenvalue weighted by Gasteiger charge is 2.33. The van der Waals surface area contributed by atoms with E-state index in [1.165, 1.54) is 24.5 Å². The highest BCUT2D eigenvalue weighted by molar-refractivity contribution is 7.91. The van der Waals surface area contributed by atoms with Crippen molar-refractivity contribution in [1.82, 2.24) is 9.97 Å². The van der Waals surface area contributed by atoms with Crippen LogP contribution in [-0.2, 0) is 15.8 Å². The minimum atomic E-state index is -4.01. The molecule has 1 aromatic carbocycles. The van der Waals surface area contributed by atoms with Gasteiger partial charge in [0.1, 0.15) is 5.82 Å². The van der Waals surface area contributed by atoms with Gasteiger partial charge in [-0.1, -0.05) is 12.1 Å². The SMILES string of the molecule is CC(F)(F)c1cccc(NC(=O)c2cnc(C3CC3)nc2)c1S(C)(=O)=O.[HH]. The second-order valence-corrected chi connectivity index (χ2v) is 8.35. The molecule has 1 heterocycles. The van der Waals surface area contributed by atoms with E-state index in [4.69, 9.17) is 0 Å². The first-order chi connectivity index (χ1) is 12.1. The van der Waals surface area contributed by atoms with Crippen LogP contribution in [0.2, 0.25) is 0 Å². The molecular weight excluding hydrogens is 364 g/mol. The smallest absolute Gasteiger partial charge is 0.271 e. The number of amides is 1. The third-order valence-corrected chi connectivity index (χ3v) is 5.16. The largest absolute Gasteiger partial charge is 0.321 e. The molecule has 1 aliphatic rings. The Labute approximate surface area is 151 Å². The molecule has 0 radical (unpaired) electrons. The maximum Gasteiger partial charge on any atom is 0.271 e. The number of hydrogen-bond donors (Lipinski definition) is 1. The standard InChI is InChI=1S/C17H17F2N3O3S.H2/c1-17(18,19)12-4-3-5-13(14(12)26(2,24)25)22-16(23)11-8-20-15(21-9-11)10-6-7-10;/h3-5,8-10H,6-7H2,1-2H3,(H,22,23);1H. The first-order valence-electron chi connectivity index (χ1n) is 7.92. The number of sulfone groups is 1. The molecule has 2 aromatic rings. The molecule has 9 heteroatoms. The topological polar surface area (TPSA) is 89.0 Å². The molecule has 1 fully saturated rings. The molecule has 0 spiro atoms. The summed E-state index contributed by atoms with van der Waals surface area (Å²) in [6.07, 6.45) is 5.53. The summed E-state index contributed by atoms with van der Waals surface area (Å²) in [6, 6.07) is 3.56. The molecule has 3 rings (SSSR count). The first-order valence-corrected chi connectivity index (χ1v) is 9.81. The minimum absolute atomic E-state index is 0. The third-order valence-electron chi connectivity index (χ3n) is 3.98. The molecule has 0 atom stereocenters. The van der Waals surface area contributed by atoms with E-state index >= 15 is 0 Å². The fourth-order valence-electron chi connectivity index (χ4n) is 2.58. The summed E-state index contributed by atoms with van der Waals surface area (Å²) in [5.74, 6) is -3.07. The molecule has 6 nitrogen and oxygen atoms in total. The van der Waals surface area contributed by atoms with Crippen molar-refractivity contribution in [1.29, 1.82) is 0 Å². The van der Waals surface area contributed by atoms with Gasteiger partial charge < -0.3 is 5.32 Å². The van der Waals surface area contributed by atoms with Crippen molar-refractivity contribution in [2.45, 2.75) is 36.5 Å². The molecule has 0 saturated heterocycles. The minimum Gasteiger partial charge on any atom is -0.321 e. The van der Waals surface area contributed by atoms with Crippen LogP contribution in [0.25, 0.3) is 0 Å². The molecule has 0 bridgehead atoms.